The van der Waals surface area contributed by atoms with Crippen molar-refractivity contribution in [3.63, 3.8) is 0 Å². The number of carboxylic acid groups (broad SMARTS) is 1. The highest BCUT2D eigenvalue weighted by molar-refractivity contribution is 7.90. The van der Waals surface area contributed by atoms with E-state index in [2.05, 4.69) is 9.71 Å². The van der Waals surface area contributed by atoms with Crippen molar-refractivity contribution in [1.82, 2.24) is 9.29 Å². The fraction of sp³-hybridized carbons (Fsp3) is 0.583. The first-order chi connectivity index (χ1) is 9.31. The van der Waals surface area contributed by atoms with Gasteiger partial charge in [-0.15, -0.1) is 0 Å². The number of aromatic nitrogens is 1. The van der Waals surface area contributed by atoms with Crippen LogP contribution in [0.5, 0.6) is 0 Å². The molecular weight excluding hydrogens is 282 g/mol. The minimum absolute atomic E-state index is 0.0429. The number of hydrogen-bond acceptors (Lipinski definition) is 3. The van der Waals surface area contributed by atoms with Crippen molar-refractivity contribution >= 4 is 21.9 Å². The van der Waals surface area contributed by atoms with Crippen molar-refractivity contribution in [3.05, 3.63) is 17.5 Å². The quantitative estimate of drug-likeness (QED) is 0.782. The van der Waals surface area contributed by atoms with E-state index in [9.17, 15) is 13.2 Å². The molecule has 8 heteroatoms. The van der Waals surface area contributed by atoms with Gasteiger partial charge in [-0.3, -0.25) is 4.72 Å². The van der Waals surface area contributed by atoms with Crippen LogP contribution in [-0.4, -0.2) is 41.9 Å². The molecule has 0 radical (unpaired) electrons. The van der Waals surface area contributed by atoms with Gasteiger partial charge in [-0.1, -0.05) is 6.92 Å². The highest BCUT2D eigenvalue weighted by Gasteiger charge is 2.28. The summed E-state index contributed by atoms with van der Waals surface area (Å²) in [4.78, 5) is 13.9. The molecule has 1 aromatic rings. The molecule has 7 nitrogen and oxygen atoms in total. The number of anilines is 1. The van der Waals surface area contributed by atoms with Crippen LogP contribution in [0.2, 0.25) is 0 Å². The van der Waals surface area contributed by atoms with Gasteiger partial charge in [-0.2, -0.15) is 12.7 Å². The van der Waals surface area contributed by atoms with Crippen LogP contribution in [0, 0.1) is 12.8 Å². The molecule has 0 spiro atoms. The molecule has 20 heavy (non-hydrogen) atoms. The molecule has 1 unspecified atom stereocenters. The normalized spacial score (nSPS) is 20.8. The summed E-state index contributed by atoms with van der Waals surface area (Å²) >= 11 is 0. The third kappa shape index (κ3) is 2.96. The molecule has 1 aromatic heterocycles. The molecule has 0 aliphatic carbocycles. The maximum absolute atomic E-state index is 12.3. The molecule has 0 amide bonds. The Morgan fingerprint density at radius 2 is 2.25 bits per heavy atom. The van der Waals surface area contributed by atoms with E-state index < -0.39 is 16.2 Å². The van der Waals surface area contributed by atoms with Crippen molar-refractivity contribution in [2.45, 2.75) is 26.7 Å². The predicted octanol–water partition coefficient (Wildman–Crippen LogP) is 1.41. The summed E-state index contributed by atoms with van der Waals surface area (Å²) in [5.41, 5.74) is 0.453. The van der Waals surface area contributed by atoms with Crippen LogP contribution in [0.1, 0.15) is 35.8 Å². The molecule has 0 saturated carbocycles. The predicted molar refractivity (Wildman–Crippen MR) is 75.0 cm³/mol. The van der Waals surface area contributed by atoms with Gasteiger partial charge >= 0.3 is 16.2 Å². The van der Waals surface area contributed by atoms with Crippen molar-refractivity contribution in [2.75, 3.05) is 17.8 Å². The average Bonchev–Trinajstić information content (AvgIpc) is 2.69. The molecule has 1 aliphatic rings. The molecule has 1 aliphatic heterocycles. The number of carbonyl (C=O) groups is 1. The van der Waals surface area contributed by atoms with Gasteiger partial charge in [0, 0.05) is 25.0 Å². The summed E-state index contributed by atoms with van der Waals surface area (Å²) in [7, 11) is -3.71. The second-order valence-corrected chi connectivity index (χ2v) is 6.89. The van der Waals surface area contributed by atoms with Crippen molar-refractivity contribution in [3.8, 4) is 0 Å². The maximum atomic E-state index is 12.3. The lowest BCUT2D eigenvalue weighted by molar-refractivity contribution is 0.0697. The fourth-order valence-electron chi connectivity index (χ4n) is 2.45. The van der Waals surface area contributed by atoms with Crippen molar-refractivity contribution in [2.24, 2.45) is 5.92 Å². The number of aromatic amines is 1. The van der Waals surface area contributed by atoms with E-state index in [0.717, 1.165) is 12.8 Å². The van der Waals surface area contributed by atoms with Crippen molar-refractivity contribution in [1.29, 1.82) is 0 Å². The number of hydrogen-bond donors (Lipinski definition) is 3. The lowest BCUT2D eigenvalue weighted by atomic mass is 10.0. The summed E-state index contributed by atoms with van der Waals surface area (Å²) in [5.74, 6) is -0.847. The zero-order valence-corrected chi connectivity index (χ0v) is 12.3. The molecule has 3 N–H and O–H groups in total. The van der Waals surface area contributed by atoms with Crippen LogP contribution in [0.15, 0.2) is 6.20 Å². The maximum Gasteiger partial charge on any atom is 0.339 e. The van der Waals surface area contributed by atoms with Gasteiger partial charge in [-0.25, -0.2) is 4.79 Å². The van der Waals surface area contributed by atoms with Crippen LogP contribution < -0.4 is 4.72 Å². The number of carboxylic acids is 1. The number of aryl methyl sites for hydroxylation is 1. The molecule has 1 saturated heterocycles. The first-order valence-electron chi connectivity index (χ1n) is 6.50. The van der Waals surface area contributed by atoms with Crippen LogP contribution >= 0.6 is 0 Å². The third-order valence-corrected chi connectivity index (χ3v) is 4.98. The molecule has 1 atom stereocenters. The van der Waals surface area contributed by atoms with Crippen LogP contribution in [0.3, 0.4) is 0 Å². The van der Waals surface area contributed by atoms with Gasteiger partial charge in [-0.05, 0) is 25.7 Å². The summed E-state index contributed by atoms with van der Waals surface area (Å²) < 4.78 is 28.3. The van der Waals surface area contributed by atoms with E-state index in [-0.39, 0.29) is 11.3 Å². The van der Waals surface area contributed by atoms with E-state index in [1.165, 1.54) is 10.5 Å². The van der Waals surface area contributed by atoms with E-state index >= 15 is 0 Å². The Balaban J connectivity index is 2.22. The lowest BCUT2D eigenvalue weighted by Crippen LogP contribution is -2.42. The largest absolute Gasteiger partial charge is 0.478 e. The Hall–Kier alpha value is -1.54. The first-order valence-corrected chi connectivity index (χ1v) is 7.94. The molecule has 0 aromatic carbocycles. The van der Waals surface area contributed by atoms with Crippen LogP contribution in [0.25, 0.3) is 0 Å². The van der Waals surface area contributed by atoms with Gasteiger partial charge < -0.3 is 10.1 Å². The standard InChI is InChI=1S/C12H19N3O4S/c1-8-4-3-5-15(7-8)20(18,19)14-10-6-13-9(2)11(10)12(16)17/h6,8,13-14H,3-5,7H2,1-2H3,(H,16,17). The number of H-pyrrole nitrogens is 1. The average molecular weight is 301 g/mol. The van der Waals surface area contributed by atoms with Crippen LogP contribution in [0.4, 0.5) is 5.69 Å². The topological polar surface area (TPSA) is 103 Å². The zero-order valence-electron chi connectivity index (χ0n) is 11.5. The monoisotopic (exact) mass is 301 g/mol. The van der Waals surface area contributed by atoms with E-state index in [1.807, 2.05) is 6.92 Å². The van der Waals surface area contributed by atoms with Crippen LogP contribution in [-0.2, 0) is 10.2 Å². The highest BCUT2D eigenvalue weighted by Crippen LogP contribution is 2.24. The Morgan fingerprint density at radius 1 is 1.55 bits per heavy atom. The second kappa shape index (κ2) is 5.45. The Bertz CT molecular complexity index is 608. The van der Waals surface area contributed by atoms with E-state index in [4.69, 9.17) is 5.11 Å². The minimum Gasteiger partial charge on any atom is -0.478 e. The minimum atomic E-state index is -3.71. The lowest BCUT2D eigenvalue weighted by Gasteiger charge is -2.30. The molecule has 2 heterocycles. The fourth-order valence-corrected chi connectivity index (χ4v) is 3.84. The number of piperidine rings is 1. The van der Waals surface area contributed by atoms with Gasteiger partial charge in [0.25, 0.3) is 0 Å². The van der Waals surface area contributed by atoms with Gasteiger partial charge in [0.05, 0.1) is 5.69 Å². The number of aromatic carboxylic acids is 1. The molecule has 0 bridgehead atoms. The summed E-state index contributed by atoms with van der Waals surface area (Å²) in [5, 5.41) is 9.12. The molecular formula is C12H19N3O4S. The molecule has 112 valence electrons. The Kier molecular flexibility index (Phi) is 4.05. The van der Waals surface area contributed by atoms with Gasteiger partial charge in [0.2, 0.25) is 0 Å². The summed E-state index contributed by atoms with van der Waals surface area (Å²) in [6.45, 7) is 4.52. The third-order valence-electron chi connectivity index (χ3n) is 3.49. The summed E-state index contributed by atoms with van der Waals surface area (Å²) in [6, 6.07) is 0. The Morgan fingerprint density at radius 3 is 2.85 bits per heavy atom. The first kappa shape index (κ1) is 14.9. The Labute approximate surface area is 118 Å². The van der Waals surface area contributed by atoms with Crippen molar-refractivity contribution < 1.29 is 18.3 Å². The van der Waals surface area contributed by atoms with E-state index in [1.54, 1.807) is 6.92 Å². The number of rotatable bonds is 4. The van der Waals surface area contributed by atoms with Gasteiger partial charge in [0.1, 0.15) is 5.56 Å². The molecule has 1 fully saturated rings. The van der Waals surface area contributed by atoms with E-state index in [0.29, 0.717) is 24.7 Å². The zero-order chi connectivity index (χ0) is 14.9. The molecule has 2 rings (SSSR count). The SMILES string of the molecule is Cc1[nH]cc(NS(=O)(=O)N2CCCC(C)C2)c1C(=O)O. The van der Waals surface area contributed by atoms with Gasteiger partial charge in [0.15, 0.2) is 0 Å². The number of nitrogens with one attached hydrogen (secondary N) is 2. The second-order valence-electron chi connectivity index (χ2n) is 5.22. The highest BCUT2D eigenvalue weighted by atomic mass is 32.2. The summed E-state index contributed by atoms with van der Waals surface area (Å²) in [6.07, 6.45) is 3.19. The number of nitrogens with zero attached hydrogens (tertiary/aromatic N) is 1. The smallest absolute Gasteiger partial charge is 0.339 e.